The zero-order valence-corrected chi connectivity index (χ0v) is 57.6. The fourth-order valence-electron chi connectivity index (χ4n) is 12.1. The standard InChI is InChI=1S/C68H105N11O16/c1-14-43(8)59(51(93-12)38-55(83)78-36-22-26-50(78)60(94-13)44(9)61(84)73-49(66(89)90)37-45-23-17-15-18-24-45)76(10)65(88)57(41(4)5)75-64(87)58(42(6)7)77(11)68(92)95-39-46-28-30-47(31-29-46)71-62(85)48(25-21-34-70-67(69)91)72-63(86)56(40(2)3)74-52(80)27-19-16-20-35-79-53(81)32-33-54(79)82/h15,17-18,23-24,28-33,40-44,48-51,53,56-60,81H,14,16,19-22,25-27,34-39H2,1-13H3,(H,71,85)(H,72,86)(H,73,84)(H,74,80)(H,75,87)(H,89,90)(H3,69,70,91)/t43-,44+,48-,49-,50-,51+,53?,56-,57-,58-,59-,60+/m0/s1. The Morgan fingerprint density at radius 3 is 1.95 bits per heavy atom. The number of likely N-dealkylation sites (tertiary alicyclic amines) is 1. The minimum atomic E-state index is -1.19. The lowest BCUT2D eigenvalue weighted by Crippen LogP contribution is -2.60. The molecule has 0 aromatic heterocycles. The van der Waals surface area contributed by atoms with Crippen molar-refractivity contribution in [2.75, 3.05) is 53.3 Å². The summed E-state index contributed by atoms with van der Waals surface area (Å²) in [5.41, 5.74) is 6.84. The molecule has 0 saturated carbocycles. The number of unbranched alkanes of at least 4 members (excludes halogenated alkanes) is 2. The van der Waals surface area contributed by atoms with E-state index in [-0.39, 0.29) is 74.8 Å². The summed E-state index contributed by atoms with van der Waals surface area (Å²) in [5, 5.41) is 36.3. The smallest absolute Gasteiger partial charge is 0.410 e. The van der Waals surface area contributed by atoms with Gasteiger partial charge in [0.05, 0.1) is 36.6 Å². The van der Waals surface area contributed by atoms with E-state index < -0.39 is 126 Å². The molecular formula is C68H105N11O16. The van der Waals surface area contributed by atoms with Crippen molar-refractivity contribution in [2.24, 2.45) is 35.3 Å². The van der Waals surface area contributed by atoms with Gasteiger partial charge in [0.1, 0.15) is 43.0 Å². The number of aliphatic carboxylic acids is 1. The number of nitrogens with one attached hydrogen (secondary N) is 6. The fourth-order valence-corrected chi connectivity index (χ4v) is 12.1. The van der Waals surface area contributed by atoms with E-state index in [1.54, 1.807) is 109 Å². The van der Waals surface area contributed by atoms with Crippen molar-refractivity contribution in [1.29, 1.82) is 0 Å². The zero-order valence-electron chi connectivity index (χ0n) is 57.6. The molecule has 1 fully saturated rings. The van der Waals surface area contributed by atoms with Crippen LogP contribution in [0, 0.1) is 29.6 Å². The lowest BCUT2D eigenvalue weighted by atomic mass is 9.89. The van der Waals surface area contributed by atoms with Gasteiger partial charge in [-0.2, -0.15) is 0 Å². The van der Waals surface area contributed by atoms with Crippen LogP contribution in [-0.4, -0.2) is 204 Å². The number of nitrogens with two attached hydrogens (primary N) is 1. The molecule has 95 heavy (non-hydrogen) atoms. The Morgan fingerprint density at radius 2 is 1.38 bits per heavy atom. The quantitative estimate of drug-likeness (QED) is 0.0418. The number of carboxylic acid groups (broad SMARTS) is 1. The Balaban J connectivity index is 1.38. The number of methoxy groups -OCH3 is 2. The second kappa shape index (κ2) is 39.0. The third-order valence-corrected chi connectivity index (χ3v) is 17.8. The lowest BCUT2D eigenvalue weighted by Gasteiger charge is -2.41. The molecule has 12 atom stereocenters. The Labute approximate surface area is 559 Å². The fraction of sp³-hybridized carbons (Fsp3) is 0.632. The molecule has 10 N–H and O–H groups in total. The van der Waals surface area contributed by atoms with Crippen LogP contribution in [0.1, 0.15) is 138 Å². The van der Waals surface area contributed by atoms with Crippen molar-refractivity contribution >= 4 is 71.0 Å². The zero-order chi connectivity index (χ0) is 70.8. The van der Waals surface area contributed by atoms with Gasteiger partial charge in [-0.15, -0.1) is 0 Å². The predicted octanol–water partition coefficient (Wildman–Crippen LogP) is 4.44. The molecule has 528 valence electrons. The Bertz CT molecular complexity index is 2910. The SMILES string of the molecule is CC[C@H](C)[C@@H]([C@@H](CC(=O)N1CCC[C@H]1[C@H](OC)[C@@H](C)C(=O)N[C@@H](Cc1ccccc1)C(=O)O)OC)N(C)C(=O)[C@@H](NC(=O)[C@H](C(C)C)N(C)C(=O)OCc1ccc(NC(=O)[C@H](CCCNC(N)=O)NC(=O)[C@@H](NC(=O)CCCCCN2C(=O)C=CC2O)C(C)C)cc1)C(C)C. The molecule has 27 heteroatoms. The summed E-state index contributed by atoms with van der Waals surface area (Å²) in [6, 6.07) is 7.91. The first kappa shape index (κ1) is 79.3. The van der Waals surface area contributed by atoms with Crippen molar-refractivity contribution in [3.63, 3.8) is 0 Å². The van der Waals surface area contributed by atoms with Gasteiger partial charge in [0, 0.05) is 72.6 Å². The molecule has 0 spiro atoms. The molecule has 1 unspecified atom stereocenters. The number of anilines is 1. The van der Waals surface area contributed by atoms with E-state index in [9.17, 15) is 63.0 Å². The number of hydrogen-bond acceptors (Lipinski definition) is 15. The molecule has 2 aromatic rings. The van der Waals surface area contributed by atoms with E-state index in [1.807, 2.05) is 19.9 Å². The van der Waals surface area contributed by atoms with Gasteiger partial charge in [-0.1, -0.05) is 118 Å². The van der Waals surface area contributed by atoms with E-state index in [0.29, 0.717) is 62.9 Å². The number of aliphatic hydroxyl groups is 1. The highest BCUT2D eigenvalue weighted by Crippen LogP contribution is 2.30. The number of urea groups is 1. The van der Waals surface area contributed by atoms with Crippen LogP contribution in [0.15, 0.2) is 66.7 Å². The summed E-state index contributed by atoms with van der Waals surface area (Å²) in [6.45, 7) is 16.7. The van der Waals surface area contributed by atoms with E-state index >= 15 is 0 Å². The number of benzene rings is 2. The van der Waals surface area contributed by atoms with Gasteiger partial charge in [-0.05, 0) is 91.5 Å². The number of aliphatic hydroxyl groups excluding tert-OH is 1. The van der Waals surface area contributed by atoms with Crippen LogP contribution >= 0.6 is 0 Å². The van der Waals surface area contributed by atoms with Crippen LogP contribution in [0.2, 0.25) is 0 Å². The first-order chi connectivity index (χ1) is 44.9. The minimum absolute atomic E-state index is 0.0759. The molecule has 0 radical (unpaired) electrons. The van der Waals surface area contributed by atoms with Crippen molar-refractivity contribution < 1.29 is 77.2 Å². The van der Waals surface area contributed by atoms with Gasteiger partial charge in [-0.25, -0.2) is 14.4 Å². The van der Waals surface area contributed by atoms with Crippen molar-refractivity contribution in [3.05, 3.63) is 77.9 Å². The number of hydrogen-bond donors (Lipinski definition) is 9. The third-order valence-electron chi connectivity index (χ3n) is 17.8. The van der Waals surface area contributed by atoms with E-state index in [2.05, 4.69) is 31.9 Å². The highest BCUT2D eigenvalue weighted by Gasteiger charge is 2.44. The molecule has 2 aliphatic rings. The monoisotopic (exact) mass is 1330 g/mol. The average molecular weight is 1330 g/mol. The van der Waals surface area contributed by atoms with Gasteiger partial charge in [0.15, 0.2) is 0 Å². The normalized spacial score (nSPS) is 17.7. The first-order valence-corrected chi connectivity index (χ1v) is 33.0. The second-order valence-electron chi connectivity index (χ2n) is 25.8. The van der Waals surface area contributed by atoms with E-state index in [1.165, 1.54) is 43.2 Å². The number of carboxylic acids is 1. The van der Waals surface area contributed by atoms with Crippen molar-refractivity contribution in [2.45, 2.75) is 200 Å². The van der Waals surface area contributed by atoms with Crippen LogP contribution in [-0.2, 0) is 70.4 Å². The van der Waals surface area contributed by atoms with Crippen LogP contribution in [0.3, 0.4) is 0 Å². The van der Waals surface area contributed by atoms with Crippen molar-refractivity contribution in [3.8, 4) is 0 Å². The van der Waals surface area contributed by atoms with Gasteiger partial charge < -0.3 is 76.8 Å². The van der Waals surface area contributed by atoms with E-state index in [4.69, 9.17) is 19.9 Å². The molecule has 4 rings (SSSR count). The largest absolute Gasteiger partial charge is 0.480 e. The third kappa shape index (κ3) is 23.9. The summed E-state index contributed by atoms with van der Waals surface area (Å²) in [6.07, 6.45) is 3.08. The summed E-state index contributed by atoms with van der Waals surface area (Å²) >= 11 is 0. The Morgan fingerprint density at radius 1 is 0.726 bits per heavy atom. The maximum atomic E-state index is 14.8. The van der Waals surface area contributed by atoms with Gasteiger partial charge in [0.25, 0.3) is 0 Å². The van der Waals surface area contributed by atoms with Gasteiger partial charge in [-0.3, -0.25) is 43.3 Å². The number of amides is 11. The molecule has 27 nitrogen and oxygen atoms in total. The Hall–Kier alpha value is -8.17. The molecule has 11 amide bonds. The first-order valence-electron chi connectivity index (χ1n) is 33.0. The number of carbonyl (C=O) groups is 11. The summed E-state index contributed by atoms with van der Waals surface area (Å²) < 4.78 is 17.7. The summed E-state index contributed by atoms with van der Waals surface area (Å²) in [5.74, 6) is -7.20. The van der Waals surface area contributed by atoms with Gasteiger partial charge >= 0.3 is 18.1 Å². The van der Waals surface area contributed by atoms with Crippen molar-refractivity contribution in [1.82, 2.24) is 46.2 Å². The number of nitrogens with zero attached hydrogens (tertiary/aromatic N) is 4. The minimum Gasteiger partial charge on any atom is -0.480 e. The van der Waals surface area contributed by atoms with Crippen LogP contribution < -0.4 is 37.6 Å². The van der Waals surface area contributed by atoms with Crippen LogP contribution in [0.4, 0.5) is 15.3 Å². The predicted molar refractivity (Wildman–Crippen MR) is 355 cm³/mol. The molecule has 1 saturated heterocycles. The number of rotatable bonds is 39. The number of carbonyl (C=O) groups excluding carboxylic acids is 10. The molecule has 0 bridgehead atoms. The summed E-state index contributed by atoms with van der Waals surface area (Å²) in [4.78, 5) is 153. The highest BCUT2D eigenvalue weighted by atomic mass is 16.6. The van der Waals surface area contributed by atoms with E-state index in [0.717, 1.165) is 10.5 Å². The maximum Gasteiger partial charge on any atom is 0.410 e. The number of ether oxygens (including phenoxy) is 3. The lowest BCUT2D eigenvalue weighted by molar-refractivity contribution is -0.148. The summed E-state index contributed by atoms with van der Waals surface area (Å²) in [7, 11) is 5.97. The van der Waals surface area contributed by atoms with Gasteiger partial charge in [0.2, 0.25) is 47.3 Å². The molecule has 2 aliphatic heterocycles. The van der Waals surface area contributed by atoms with Crippen LogP contribution in [0.5, 0.6) is 0 Å². The Kier molecular flexibility index (Phi) is 32.6. The molecule has 2 aromatic carbocycles. The molecular weight excluding hydrogens is 1230 g/mol. The molecule has 0 aliphatic carbocycles. The molecule has 2 heterocycles. The number of likely N-dealkylation sites (N-methyl/N-ethyl adjacent to an activating group) is 2. The van der Waals surface area contributed by atoms with Crippen LogP contribution in [0.25, 0.3) is 0 Å². The second-order valence-corrected chi connectivity index (χ2v) is 25.8. The topological polar surface area (TPSA) is 367 Å². The highest BCUT2D eigenvalue weighted by molar-refractivity contribution is 5.98. The maximum absolute atomic E-state index is 14.8. The average Bonchev–Trinajstić information content (AvgIpc) is 1.81. The number of primary amides is 1.